The van der Waals surface area contributed by atoms with Crippen molar-refractivity contribution in [3.63, 3.8) is 0 Å². The monoisotopic (exact) mass is 464 g/mol. The Morgan fingerprint density at radius 3 is 2.70 bits per heavy atom. The van der Waals surface area contributed by atoms with Gasteiger partial charge in [0.25, 0.3) is 0 Å². The zero-order chi connectivity index (χ0) is 23.4. The molecule has 4 rings (SSSR count). The van der Waals surface area contributed by atoms with Gasteiger partial charge >= 0.3 is 5.97 Å². The molecule has 9 heteroatoms. The second kappa shape index (κ2) is 9.91. The van der Waals surface area contributed by atoms with Gasteiger partial charge in [0.05, 0.1) is 17.4 Å². The first-order valence-corrected chi connectivity index (χ1v) is 11.6. The number of para-hydroxylation sites is 1. The van der Waals surface area contributed by atoms with Crippen LogP contribution in [-0.4, -0.2) is 38.5 Å². The van der Waals surface area contributed by atoms with Gasteiger partial charge in [-0.1, -0.05) is 36.0 Å². The molecule has 2 aromatic heterocycles. The number of carbonyl (C=O) groups is 2. The van der Waals surface area contributed by atoms with Crippen LogP contribution in [0.1, 0.15) is 31.1 Å². The summed E-state index contributed by atoms with van der Waals surface area (Å²) in [5, 5.41) is 13.0. The number of hydrogen-bond donors (Lipinski definition) is 1. The molecule has 170 valence electrons. The van der Waals surface area contributed by atoms with E-state index in [2.05, 4.69) is 15.5 Å². The highest BCUT2D eigenvalue weighted by Crippen LogP contribution is 2.29. The van der Waals surface area contributed by atoms with E-state index in [9.17, 15) is 9.59 Å². The molecule has 0 saturated heterocycles. The standard InChI is InChI=1S/C24H24N4O4S/c1-4-28-22(20-13-16-8-5-6-11-19(16)32-20)26-27-24(28)33-14-21(29)25-18-10-7-9-17(12-18)23(30)31-15(2)3/h5-13,15H,4,14H2,1-3H3,(H,25,29). The van der Waals surface area contributed by atoms with E-state index in [1.807, 2.05) is 41.8 Å². The maximum atomic E-state index is 12.5. The van der Waals surface area contributed by atoms with Crippen LogP contribution in [0, 0.1) is 0 Å². The summed E-state index contributed by atoms with van der Waals surface area (Å²) in [5.41, 5.74) is 1.69. The van der Waals surface area contributed by atoms with Crippen LogP contribution in [0.5, 0.6) is 0 Å². The van der Waals surface area contributed by atoms with Crippen molar-refractivity contribution in [3.05, 3.63) is 60.2 Å². The van der Waals surface area contributed by atoms with Gasteiger partial charge in [-0.25, -0.2) is 4.79 Å². The van der Waals surface area contributed by atoms with E-state index in [-0.39, 0.29) is 17.8 Å². The molecule has 0 bridgehead atoms. The number of hydrogen-bond acceptors (Lipinski definition) is 7. The van der Waals surface area contributed by atoms with Crippen molar-refractivity contribution in [2.24, 2.45) is 0 Å². The van der Waals surface area contributed by atoms with Gasteiger partial charge in [-0.3, -0.25) is 9.36 Å². The Labute approximate surface area is 195 Å². The van der Waals surface area contributed by atoms with Crippen molar-refractivity contribution < 1.29 is 18.7 Å². The van der Waals surface area contributed by atoms with Crippen LogP contribution in [0.2, 0.25) is 0 Å². The predicted octanol–water partition coefficient (Wildman–Crippen LogP) is 5.01. The lowest BCUT2D eigenvalue weighted by Gasteiger charge is -2.10. The molecule has 0 fully saturated rings. The van der Waals surface area contributed by atoms with E-state index >= 15 is 0 Å². The van der Waals surface area contributed by atoms with Gasteiger partial charge in [-0.15, -0.1) is 10.2 Å². The van der Waals surface area contributed by atoms with Gasteiger partial charge < -0.3 is 14.5 Å². The number of fused-ring (bicyclic) bond motifs is 1. The molecule has 0 spiro atoms. The van der Waals surface area contributed by atoms with Crippen molar-refractivity contribution >= 4 is 40.3 Å². The number of aromatic nitrogens is 3. The molecule has 2 aromatic carbocycles. The van der Waals surface area contributed by atoms with Gasteiger partial charge in [-0.05, 0) is 51.1 Å². The SMILES string of the molecule is CCn1c(SCC(=O)Nc2cccc(C(=O)OC(C)C)c2)nnc1-c1cc2ccccc2o1. The summed E-state index contributed by atoms with van der Waals surface area (Å²) in [6.45, 7) is 6.19. The van der Waals surface area contributed by atoms with Crippen LogP contribution < -0.4 is 5.32 Å². The molecule has 33 heavy (non-hydrogen) atoms. The number of benzene rings is 2. The molecule has 8 nitrogen and oxygen atoms in total. The third-order valence-corrected chi connectivity index (χ3v) is 5.70. The molecule has 2 heterocycles. The second-order valence-corrected chi connectivity index (χ2v) is 8.51. The summed E-state index contributed by atoms with van der Waals surface area (Å²) < 4.78 is 13.0. The molecule has 0 aliphatic rings. The quantitative estimate of drug-likeness (QED) is 0.289. The average Bonchev–Trinajstić information content (AvgIpc) is 3.40. The van der Waals surface area contributed by atoms with E-state index in [1.54, 1.807) is 38.1 Å². The lowest BCUT2D eigenvalue weighted by Crippen LogP contribution is -2.16. The molecule has 1 amide bonds. The Kier molecular flexibility index (Phi) is 6.79. The summed E-state index contributed by atoms with van der Waals surface area (Å²) in [5.74, 6) is 0.744. The maximum Gasteiger partial charge on any atom is 0.338 e. The number of nitrogens with one attached hydrogen (secondary N) is 1. The molecule has 0 aliphatic carbocycles. The molecular formula is C24H24N4O4S. The van der Waals surface area contributed by atoms with Crippen LogP contribution in [0.3, 0.4) is 0 Å². The Bertz CT molecular complexity index is 1260. The van der Waals surface area contributed by atoms with E-state index in [1.165, 1.54) is 11.8 Å². The number of furan rings is 1. The summed E-state index contributed by atoms with van der Waals surface area (Å²) >= 11 is 1.28. The van der Waals surface area contributed by atoms with E-state index < -0.39 is 5.97 Å². The minimum Gasteiger partial charge on any atom is -0.459 e. The second-order valence-electron chi connectivity index (χ2n) is 7.57. The Balaban J connectivity index is 1.42. The normalized spacial score (nSPS) is 11.2. The fraction of sp³-hybridized carbons (Fsp3) is 0.250. The number of rotatable bonds is 8. The number of carbonyl (C=O) groups excluding carboxylic acids is 2. The number of anilines is 1. The minimum atomic E-state index is -0.426. The summed E-state index contributed by atoms with van der Waals surface area (Å²) in [4.78, 5) is 24.6. The number of thioether (sulfide) groups is 1. The van der Waals surface area contributed by atoms with Crippen LogP contribution >= 0.6 is 11.8 Å². The number of nitrogens with zero attached hydrogens (tertiary/aromatic N) is 3. The van der Waals surface area contributed by atoms with Gasteiger partial charge in [0.2, 0.25) is 11.7 Å². The molecule has 4 aromatic rings. The van der Waals surface area contributed by atoms with E-state index in [0.29, 0.717) is 34.5 Å². The van der Waals surface area contributed by atoms with E-state index in [0.717, 1.165) is 11.0 Å². The largest absolute Gasteiger partial charge is 0.459 e. The van der Waals surface area contributed by atoms with Crippen molar-refractivity contribution in [1.29, 1.82) is 0 Å². The summed E-state index contributed by atoms with van der Waals surface area (Å²) in [6, 6.07) is 16.4. The number of esters is 1. The first-order valence-electron chi connectivity index (χ1n) is 10.6. The average molecular weight is 465 g/mol. The summed E-state index contributed by atoms with van der Waals surface area (Å²) in [7, 11) is 0. The van der Waals surface area contributed by atoms with Crippen molar-refractivity contribution in [2.45, 2.75) is 38.6 Å². The first-order chi connectivity index (χ1) is 15.9. The van der Waals surface area contributed by atoms with Crippen LogP contribution in [0.25, 0.3) is 22.6 Å². The third kappa shape index (κ3) is 5.25. The highest BCUT2D eigenvalue weighted by molar-refractivity contribution is 7.99. The molecule has 0 atom stereocenters. The molecule has 0 radical (unpaired) electrons. The highest BCUT2D eigenvalue weighted by atomic mass is 32.2. The predicted molar refractivity (Wildman–Crippen MR) is 127 cm³/mol. The third-order valence-electron chi connectivity index (χ3n) is 4.74. The molecule has 0 aliphatic heterocycles. The fourth-order valence-electron chi connectivity index (χ4n) is 3.29. The molecule has 1 N–H and O–H groups in total. The summed E-state index contributed by atoms with van der Waals surface area (Å²) in [6.07, 6.45) is -0.215. The lowest BCUT2D eigenvalue weighted by atomic mass is 10.2. The van der Waals surface area contributed by atoms with E-state index in [4.69, 9.17) is 9.15 Å². The molecule has 0 unspecified atom stereocenters. The van der Waals surface area contributed by atoms with Gasteiger partial charge in [0.15, 0.2) is 10.9 Å². The number of ether oxygens (including phenoxy) is 1. The maximum absolute atomic E-state index is 12.5. The zero-order valence-corrected chi connectivity index (χ0v) is 19.4. The van der Waals surface area contributed by atoms with Crippen LogP contribution in [0.4, 0.5) is 5.69 Å². The fourth-order valence-corrected chi connectivity index (χ4v) is 4.09. The van der Waals surface area contributed by atoms with Crippen molar-refractivity contribution in [3.8, 4) is 11.6 Å². The Morgan fingerprint density at radius 1 is 1.12 bits per heavy atom. The molecule has 0 saturated carbocycles. The highest BCUT2D eigenvalue weighted by Gasteiger charge is 2.18. The first kappa shape index (κ1) is 22.6. The van der Waals surface area contributed by atoms with Crippen molar-refractivity contribution in [1.82, 2.24) is 14.8 Å². The smallest absolute Gasteiger partial charge is 0.338 e. The minimum absolute atomic E-state index is 0.138. The van der Waals surface area contributed by atoms with Crippen molar-refractivity contribution in [2.75, 3.05) is 11.1 Å². The van der Waals surface area contributed by atoms with Gasteiger partial charge in [0, 0.05) is 17.6 Å². The number of amides is 1. The zero-order valence-electron chi connectivity index (χ0n) is 18.6. The van der Waals surface area contributed by atoms with Gasteiger partial charge in [0.1, 0.15) is 5.58 Å². The van der Waals surface area contributed by atoms with Gasteiger partial charge in [-0.2, -0.15) is 0 Å². The Morgan fingerprint density at radius 2 is 1.94 bits per heavy atom. The van der Waals surface area contributed by atoms with Crippen LogP contribution in [0.15, 0.2) is 64.2 Å². The molecular weight excluding hydrogens is 440 g/mol. The topological polar surface area (TPSA) is 99.2 Å². The van der Waals surface area contributed by atoms with Crippen LogP contribution in [-0.2, 0) is 16.1 Å². The lowest BCUT2D eigenvalue weighted by molar-refractivity contribution is -0.113. The Hall–Kier alpha value is -3.59.